The van der Waals surface area contributed by atoms with Gasteiger partial charge in [-0.05, 0) is 7.05 Å². The van der Waals surface area contributed by atoms with E-state index in [1.807, 2.05) is 6.20 Å². The van der Waals surface area contributed by atoms with E-state index in [2.05, 4.69) is 26.2 Å². The first kappa shape index (κ1) is 13.3. The van der Waals surface area contributed by atoms with E-state index in [1.165, 1.54) is 5.69 Å². The van der Waals surface area contributed by atoms with Gasteiger partial charge in [-0.1, -0.05) is 11.6 Å². The molecular formula is C14H18ClN5O. The fourth-order valence-corrected chi connectivity index (χ4v) is 3.28. The Bertz CT molecular complexity index is 680. The lowest BCUT2D eigenvalue weighted by Gasteiger charge is -2.28. The van der Waals surface area contributed by atoms with Crippen LogP contribution in [0.2, 0.25) is 5.15 Å². The van der Waals surface area contributed by atoms with Gasteiger partial charge in [0.15, 0.2) is 11.5 Å². The van der Waals surface area contributed by atoms with E-state index in [0.717, 1.165) is 63.0 Å². The van der Waals surface area contributed by atoms with Gasteiger partial charge in [-0.2, -0.15) is 0 Å². The van der Waals surface area contributed by atoms with Gasteiger partial charge in [0, 0.05) is 44.5 Å². The van der Waals surface area contributed by atoms with Crippen molar-refractivity contribution in [3.05, 3.63) is 22.7 Å². The third kappa shape index (κ3) is 2.27. The number of ether oxygens (including phenoxy) is 1. The van der Waals surface area contributed by atoms with Crippen molar-refractivity contribution in [3.63, 3.8) is 0 Å². The molecule has 4 rings (SSSR count). The van der Waals surface area contributed by atoms with Crippen LogP contribution in [0.4, 0.5) is 5.82 Å². The minimum atomic E-state index is 0.517. The Labute approximate surface area is 128 Å². The van der Waals surface area contributed by atoms with Crippen molar-refractivity contribution in [2.45, 2.75) is 13.0 Å². The summed E-state index contributed by atoms with van der Waals surface area (Å²) in [5, 5.41) is 0.517. The largest absolute Gasteiger partial charge is 0.378 e. The van der Waals surface area contributed by atoms with Crippen LogP contribution in [0, 0.1) is 0 Å². The van der Waals surface area contributed by atoms with Gasteiger partial charge in [0.25, 0.3) is 0 Å². The van der Waals surface area contributed by atoms with Crippen molar-refractivity contribution in [1.29, 1.82) is 0 Å². The summed E-state index contributed by atoms with van der Waals surface area (Å²) in [5.41, 5.74) is 3.32. The Hall–Kier alpha value is -1.37. The van der Waals surface area contributed by atoms with Crippen molar-refractivity contribution < 1.29 is 4.74 Å². The van der Waals surface area contributed by atoms with Crippen LogP contribution in [0.5, 0.6) is 0 Å². The summed E-state index contributed by atoms with van der Waals surface area (Å²) in [5.74, 6) is 0.878. The molecule has 0 spiro atoms. The Kier molecular flexibility index (Phi) is 3.24. The number of fused-ring (bicyclic) bond motifs is 3. The van der Waals surface area contributed by atoms with Gasteiger partial charge in [-0.25, -0.2) is 9.97 Å². The van der Waals surface area contributed by atoms with Gasteiger partial charge >= 0.3 is 0 Å². The summed E-state index contributed by atoms with van der Waals surface area (Å²) in [4.78, 5) is 13.9. The van der Waals surface area contributed by atoms with Crippen LogP contribution >= 0.6 is 11.6 Å². The highest BCUT2D eigenvalue weighted by Crippen LogP contribution is 2.27. The van der Waals surface area contributed by atoms with Gasteiger partial charge in [0.05, 0.1) is 18.9 Å². The van der Waals surface area contributed by atoms with Crippen LogP contribution < -0.4 is 4.90 Å². The minimum absolute atomic E-state index is 0.517. The SMILES string of the molecule is CN1CCc2c(nc3c(N4CCOCC4)nc(Cl)cn23)C1. The average Bonchev–Trinajstić information content (AvgIpc) is 2.84. The highest BCUT2D eigenvalue weighted by atomic mass is 35.5. The molecular weight excluding hydrogens is 290 g/mol. The number of hydrogen-bond donors (Lipinski definition) is 0. The van der Waals surface area contributed by atoms with Crippen molar-refractivity contribution in [3.8, 4) is 0 Å². The van der Waals surface area contributed by atoms with Crippen molar-refractivity contribution in [2.24, 2.45) is 0 Å². The molecule has 7 heteroatoms. The average molecular weight is 308 g/mol. The lowest BCUT2D eigenvalue weighted by molar-refractivity contribution is 0.122. The normalized spacial score (nSPS) is 20.0. The number of imidazole rings is 1. The van der Waals surface area contributed by atoms with E-state index in [9.17, 15) is 0 Å². The van der Waals surface area contributed by atoms with E-state index >= 15 is 0 Å². The molecule has 0 bridgehead atoms. The third-order valence-corrected chi connectivity index (χ3v) is 4.38. The van der Waals surface area contributed by atoms with E-state index in [4.69, 9.17) is 21.3 Å². The van der Waals surface area contributed by atoms with Crippen LogP contribution in [0.3, 0.4) is 0 Å². The van der Waals surface area contributed by atoms with Crippen molar-refractivity contribution in [2.75, 3.05) is 44.8 Å². The van der Waals surface area contributed by atoms with E-state index in [1.54, 1.807) is 0 Å². The third-order valence-electron chi connectivity index (χ3n) is 4.20. The molecule has 6 nitrogen and oxygen atoms in total. The molecule has 2 aliphatic heterocycles. The van der Waals surface area contributed by atoms with Gasteiger partial charge in [0.2, 0.25) is 0 Å². The topological polar surface area (TPSA) is 45.9 Å². The van der Waals surface area contributed by atoms with E-state index in [-0.39, 0.29) is 0 Å². The van der Waals surface area contributed by atoms with Crippen molar-refractivity contribution in [1.82, 2.24) is 19.3 Å². The summed E-state index contributed by atoms with van der Waals surface area (Å²) in [6.45, 7) is 5.05. The summed E-state index contributed by atoms with van der Waals surface area (Å²) < 4.78 is 7.55. The molecule has 0 unspecified atom stereocenters. The van der Waals surface area contributed by atoms with Crippen LogP contribution in [-0.2, 0) is 17.7 Å². The maximum atomic E-state index is 6.24. The van der Waals surface area contributed by atoms with Crippen LogP contribution in [-0.4, -0.2) is 59.2 Å². The Morgan fingerprint density at radius 2 is 2.00 bits per heavy atom. The molecule has 2 aromatic rings. The fourth-order valence-electron chi connectivity index (χ4n) is 3.11. The molecule has 0 atom stereocenters. The van der Waals surface area contributed by atoms with Gasteiger partial charge in [-0.15, -0.1) is 0 Å². The highest BCUT2D eigenvalue weighted by molar-refractivity contribution is 6.29. The molecule has 112 valence electrons. The second-order valence-corrected chi connectivity index (χ2v) is 6.06. The molecule has 1 fully saturated rings. The lowest BCUT2D eigenvalue weighted by atomic mass is 10.1. The predicted molar refractivity (Wildman–Crippen MR) is 81.1 cm³/mol. The Morgan fingerprint density at radius 3 is 2.81 bits per heavy atom. The second kappa shape index (κ2) is 5.12. The number of likely N-dealkylation sites (N-methyl/N-ethyl adjacent to an activating group) is 1. The first-order valence-electron chi connectivity index (χ1n) is 7.30. The molecule has 0 aliphatic carbocycles. The number of anilines is 1. The molecule has 0 N–H and O–H groups in total. The predicted octanol–water partition coefficient (Wildman–Crippen LogP) is 1.21. The second-order valence-electron chi connectivity index (χ2n) is 5.67. The lowest BCUT2D eigenvalue weighted by Crippen LogP contribution is -2.37. The number of morpholine rings is 1. The standard InChI is InChI=1S/C14H18ClN5O/c1-18-3-2-11-10(8-18)16-14-13(17-12(15)9-20(11)14)19-4-6-21-7-5-19/h9H,2-8H2,1H3. The molecule has 0 radical (unpaired) electrons. The zero-order chi connectivity index (χ0) is 14.4. The van der Waals surface area contributed by atoms with Gasteiger partial charge < -0.3 is 14.5 Å². The fraction of sp³-hybridized carbons (Fsp3) is 0.571. The number of nitrogens with zero attached hydrogens (tertiary/aromatic N) is 5. The highest BCUT2D eigenvalue weighted by Gasteiger charge is 2.24. The zero-order valence-electron chi connectivity index (χ0n) is 12.0. The molecule has 1 saturated heterocycles. The summed E-state index contributed by atoms with van der Waals surface area (Å²) >= 11 is 6.24. The molecule has 2 aliphatic rings. The van der Waals surface area contributed by atoms with Crippen LogP contribution in [0.25, 0.3) is 5.65 Å². The Morgan fingerprint density at radius 1 is 1.19 bits per heavy atom. The number of halogens is 1. The summed E-state index contributed by atoms with van der Waals surface area (Å²) in [6.07, 6.45) is 2.88. The number of rotatable bonds is 1. The van der Waals surface area contributed by atoms with Crippen molar-refractivity contribution >= 4 is 23.1 Å². The monoisotopic (exact) mass is 307 g/mol. The number of hydrogen-bond acceptors (Lipinski definition) is 5. The first-order valence-corrected chi connectivity index (χ1v) is 7.68. The summed E-state index contributed by atoms with van der Waals surface area (Å²) in [6, 6.07) is 0. The maximum Gasteiger partial charge on any atom is 0.180 e. The minimum Gasteiger partial charge on any atom is -0.378 e. The smallest absolute Gasteiger partial charge is 0.180 e. The molecule has 0 amide bonds. The van der Waals surface area contributed by atoms with Crippen LogP contribution in [0.1, 0.15) is 11.4 Å². The summed E-state index contributed by atoms with van der Waals surface area (Å²) in [7, 11) is 2.13. The Balaban J connectivity index is 1.86. The zero-order valence-corrected chi connectivity index (χ0v) is 12.8. The molecule has 4 heterocycles. The van der Waals surface area contributed by atoms with Gasteiger partial charge in [-0.3, -0.25) is 4.40 Å². The van der Waals surface area contributed by atoms with E-state index in [0.29, 0.717) is 5.15 Å². The van der Waals surface area contributed by atoms with E-state index < -0.39 is 0 Å². The quantitative estimate of drug-likeness (QED) is 0.792. The van der Waals surface area contributed by atoms with Gasteiger partial charge in [0.1, 0.15) is 5.15 Å². The molecule has 0 saturated carbocycles. The molecule has 21 heavy (non-hydrogen) atoms. The molecule has 2 aromatic heterocycles. The number of aromatic nitrogens is 3. The van der Waals surface area contributed by atoms with Crippen LogP contribution in [0.15, 0.2) is 6.20 Å². The maximum absolute atomic E-state index is 6.24. The first-order chi connectivity index (χ1) is 10.2. The molecule has 0 aromatic carbocycles.